The quantitative estimate of drug-likeness (QED) is 0.819. The summed E-state index contributed by atoms with van der Waals surface area (Å²) in [6, 6.07) is 4.14. The van der Waals surface area contributed by atoms with Crippen LogP contribution in [0.4, 0.5) is 5.82 Å². The average molecular weight is 233 g/mol. The van der Waals surface area contributed by atoms with Gasteiger partial charge in [0.15, 0.2) is 5.69 Å². The number of amides is 1. The van der Waals surface area contributed by atoms with Crippen LogP contribution in [-0.4, -0.2) is 27.1 Å². The average Bonchev–Trinajstić information content (AvgIpc) is 2.83. The summed E-state index contributed by atoms with van der Waals surface area (Å²) >= 11 is 0. The lowest BCUT2D eigenvalue weighted by Crippen LogP contribution is -2.13. The molecule has 0 aliphatic carbocycles. The van der Waals surface area contributed by atoms with Gasteiger partial charge in [0.2, 0.25) is 0 Å². The fraction of sp³-hybridized carbons (Fsp3) is 0. The number of carbonyl (C=O) groups excluding carboxylic acids is 1. The number of pyridine rings is 1. The van der Waals surface area contributed by atoms with Crippen LogP contribution >= 0.6 is 0 Å². The summed E-state index contributed by atoms with van der Waals surface area (Å²) in [5.74, 6) is -1.32. The number of nitrogens with one attached hydrogen (secondary N) is 1. The highest BCUT2D eigenvalue weighted by molar-refractivity contribution is 6.02. The van der Waals surface area contributed by atoms with E-state index < -0.39 is 11.9 Å². The summed E-state index contributed by atoms with van der Waals surface area (Å²) in [6.45, 7) is 0. The molecule has 7 heteroatoms. The van der Waals surface area contributed by atoms with Crippen molar-refractivity contribution in [2.24, 2.45) is 0 Å². The third-order valence-corrected chi connectivity index (χ3v) is 1.92. The monoisotopic (exact) mass is 233 g/mol. The molecule has 0 saturated carbocycles. The molecule has 17 heavy (non-hydrogen) atoms. The maximum Gasteiger partial charge on any atom is 0.337 e. The van der Waals surface area contributed by atoms with Gasteiger partial charge in [0.25, 0.3) is 5.91 Å². The molecule has 86 valence electrons. The van der Waals surface area contributed by atoms with E-state index >= 15 is 0 Å². The fourth-order valence-electron chi connectivity index (χ4n) is 1.10. The van der Waals surface area contributed by atoms with Crippen molar-refractivity contribution in [2.45, 2.75) is 0 Å². The first-order valence-electron chi connectivity index (χ1n) is 4.58. The summed E-state index contributed by atoms with van der Waals surface area (Å²) in [5, 5.41) is 14.6. The minimum absolute atomic E-state index is 0.0458. The molecule has 0 bridgehead atoms. The molecule has 0 atom stereocenters. The Kier molecular flexibility index (Phi) is 2.82. The number of anilines is 1. The van der Waals surface area contributed by atoms with Crippen molar-refractivity contribution >= 4 is 17.7 Å². The predicted octanol–water partition coefficient (Wildman–Crippen LogP) is 1.02. The van der Waals surface area contributed by atoms with Gasteiger partial charge in [-0.2, -0.15) is 0 Å². The van der Waals surface area contributed by atoms with Gasteiger partial charge in [0, 0.05) is 12.3 Å². The Balaban J connectivity index is 2.09. The second-order valence-electron chi connectivity index (χ2n) is 3.08. The fourth-order valence-corrected chi connectivity index (χ4v) is 1.10. The van der Waals surface area contributed by atoms with Crippen molar-refractivity contribution in [1.82, 2.24) is 10.1 Å². The van der Waals surface area contributed by atoms with Crippen molar-refractivity contribution in [3.63, 3.8) is 0 Å². The molecule has 0 aliphatic rings. The van der Waals surface area contributed by atoms with Gasteiger partial charge in [-0.3, -0.25) is 4.79 Å². The predicted molar refractivity (Wildman–Crippen MR) is 55.7 cm³/mol. The lowest BCUT2D eigenvalue weighted by Gasteiger charge is -2.01. The number of rotatable bonds is 3. The molecule has 2 rings (SSSR count). The van der Waals surface area contributed by atoms with E-state index in [0.717, 1.165) is 6.20 Å². The maximum atomic E-state index is 11.5. The third kappa shape index (κ3) is 2.46. The number of carboxylic acids is 1. The van der Waals surface area contributed by atoms with Gasteiger partial charge in [-0.25, -0.2) is 9.78 Å². The van der Waals surface area contributed by atoms with Gasteiger partial charge in [-0.15, -0.1) is 0 Å². The van der Waals surface area contributed by atoms with Crippen LogP contribution in [-0.2, 0) is 0 Å². The van der Waals surface area contributed by atoms with E-state index in [1.54, 1.807) is 0 Å². The van der Waals surface area contributed by atoms with Gasteiger partial charge in [-0.1, -0.05) is 5.16 Å². The molecule has 0 spiro atoms. The Morgan fingerprint density at radius 3 is 2.65 bits per heavy atom. The molecule has 2 aromatic heterocycles. The molecule has 2 heterocycles. The normalized spacial score (nSPS) is 9.88. The van der Waals surface area contributed by atoms with Gasteiger partial charge >= 0.3 is 5.97 Å². The number of aromatic carboxylic acids is 1. The van der Waals surface area contributed by atoms with Crippen LogP contribution in [0.5, 0.6) is 0 Å². The lowest BCUT2D eigenvalue weighted by molar-refractivity contribution is 0.0696. The first kappa shape index (κ1) is 10.8. The van der Waals surface area contributed by atoms with Crippen molar-refractivity contribution in [3.8, 4) is 0 Å². The minimum Gasteiger partial charge on any atom is -0.478 e. The first-order valence-corrected chi connectivity index (χ1v) is 4.58. The molecule has 0 radical (unpaired) electrons. The van der Waals surface area contributed by atoms with Crippen LogP contribution in [0.15, 0.2) is 35.2 Å². The molecule has 2 N–H and O–H groups in total. The highest BCUT2D eigenvalue weighted by Gasteiger charge is 2.10. The summed E-state index contributed by atoms with van der Waals surface area (Å²) in [5.41, 5.74) is 0.165. The minimum atomic E-state index is -1.08. The van der Waals surface area contributed by atoms with Gasteiger partial charge in [-0.05, 0) is 12.1 Å². The Bertz CT molecular complexity index is 533. The van der Waals surface area contributed by atoms with Crippen LogP contribution in [0.3, 0.4) is 0 Å². The second kappa shape index (κ2) is 4.44. The lowest BCUT2D eigenvalue weighted by atomic mass is 10.3. The molecule has 0 saturated heterocycles. The molecular formula is C10H7N3O4. The van der Waals surface area contributed by atoms with Crippen LogP contribution in [0.1, 0.15) is 20.8 Å². The summed E-state index contributed by atoms with van der Waals surface area (Å²) in [6.07, 6.45) is 2.43. The Morgan fingerprint density at radius 2 is 2.12 bits per heavy atom. The van der Waals surface area contributed by atoms with E-state index in [0.29, 0.717) is 0 Å². The number of nitrogens with zero attached hydrogens (tertiary/aromatic N) is 2. The number of hydrogen-bond acceptors (Lipinski definition) is 5. The van der Waals surface area contributed by atoms with E-state index in [1.165, 1.54) is 24.5 Å². The van der Waals surface area contributed by atoms with E-state index in [4.69, 9.17) is 5.11 Å². The third-order valence-electron chi connectivity index (χ3n) is 1.92. The molecule has 0 fully saturated rings. The van der Waals surface area contributed by atoms with E-state index in [9.17, 15) is 9.59 Å². The maximum absolute atomic E-state index is 11.5. The molecule has 0 unspecified atom stereocenters. The van der Waals surface area contributed by atoms with E-state index in [1.807, 2.05) is 0 Å². The molecule has 0 aliphatic heterocycles. The highest BCUT2D eigenvalue weighted by atomic mass is 16.5. The SMILES string of the molecule is O=C(O)c1ccc(NC(=O)c2ccon2)nc1. The number of carboxylic acid groups (broad SMARTS) is 1. The van der Waals surface area contributed by atoms with Crippen LogP contribution in [0.2, 0.25) is 0 Å². The largest absolute Gasteiger partial charge is 0.478 e. The highest BCUT2D eigenvalue weighted by Crippen LogP contribution is 2.06. The molecule has 0 aromatic carbocycles. The Morgan fingerprint density at radius 1 is 1.29 bits per heavy atom. The summed E-state index contributed by atoms with van der Waals surface area (Å²) in [4.78, 5) is 25.9. The number of aromatic nitrogens is 2. The number of hydrogen-bond donors (Lipinski definition) is 2. The van der Waals surface area contributed by atoms with Gasteiger partial charge < -0.3 is 14.9 Å². The van der Waals surface area contributed by atoms with Gasteiger partial charge in [0.05, 0.1) is 5.56 Å². The molecule has 7 nitrogen and oxygen atoms in total. The van der Waals surface area contributed by atoms with E-state index in [2.05, 4.69) is 20.0 Å². The Hall–Kier alpha value is -2.70. The van der Waals surface area contributed by atoms with Gasteiger partial charge in [0.1, 0.15) is 12.1 Å². The zero-order valence-electron chi connectivity index (χ0n) is 8.45. The van der Waals surface area contributed by atoms with Crippen LogP contribution < -0.4 is 5.32 Å². The van der Waals surface area contributed by atoms with Crippen molar-refractivity contribution in [2.75, 3.05) is 5.32 Å². The molecular weight excluding hydrogens is 226 g/mol. The van der Waals surface area contributed by atoms with Crippen molar-refractivity contribution in [1.29, 1.82) is 0 Å². The van der Waals surface area contributed by atoms with Crippen LogP contribution in [0, 0.1) is 0 Å². The molecule has 1 amide bonds. The zero-order valence-corrected chi connectivity index (χ0v) is 8.45. The van der Waals surface area contributed by atoms with Crippen molar-refractivity contribution in [3.05, 3.63) is 41.9 Å². The topological polar surface area (TPSA) is 105 Å². The van der Waals surface area contributed by atoms with Crippen molar-refractivity contribution < 1.29 is 19.2 Å². The first-order chi connectivity index (χ1) is 8.16. The summed E-state index contributed by atoms with van der Waals surface area (Å²) in [7, 11) is 0. The number of carbonyl (C=O) groups is 2. The summed E-state index contributed by atoms with van der Waals surface area (Å²) < 4.78 is 4.51. The Labute approximate surface area is 95.1 Å². The standard InChI is InChI=1S/C10H7N3O4/c14-9(7-3-4-17-13-7)12-8-2-1-6(5-11-8)10(15)16/h1-5H,(H,15,16)(H,11,12,14). The van der Waals surface area contributed by atoms with E-state index in [-0.39, 0.29) is 17.1 Å². The molecule has 2 aromatic rings. The second-order valence-corrected chi connectivity index (χ2v) is 3.08. The smallest absolute Gasteiger partial charge is 0.337 e. The zero-order chi connectivity index (χ0) is 12.3. The van der Waals surface area contributed by atoms with Crippen LogP contribution in [0.25, 0.3) is 0 Å².